The van der Waals surface area contributed by atoms with Crippen molar-refractivity contribution in [1.29, 1.82) is 0 Å². The minimum atomic E-state index is -4.37. The molecule has 0 amide bonds. The van der Waals surface area contributed by atoms with E-state index >= 15 is 0 Å². The molecule has 1 aromatic carbocycles. The van der Waals surface area contributed by atoms with E-state index in [2.05, 4.69) is 0 Å². The Morgan fingerprint density at radius 1 is 1.29 bits per heavy atom. The van der Waals surface area contributed by atoms with Gasteiger partial charge in [0.2, 0.25) is 0 Å². The molecule has 0 radical (unpaired) electrons. The lowest BCUT2D eigenvalue weighted by atomic mass is 10.1. The van der Waals surface area contributed by atoms with Crippen LogP contribution in [0.4, 0.5) is 13.2 Å². The Labute approximate surface area is 94.2 Å². The number of aliphatic carboxylic acids is 1. The van der Waals surface area contributed by atoms with Gasteiger partial charge in [0.25, 0.3) is 0 Å². The molecule has 7 heteroatoms. The first kappa shape index (κ1) is 14.9. The highest BCUT2D eigenvalue weighted by Crippen LogP contribution is 2.29. The van der Waals surface area contributed by atoms with E-state index in [-0.39, 0.29) is 6.42 Å². The van der Waals surface area contributed by atoms with Crippen molar-refractivity contribution >= 4 is 12.0 Å². The van der Waals surface area contributed by atoms with Crippen molar-refractivity contribution in [3.05, 3.63) is 40.8 Å². The minimum Gasteiger partial charge on any atom is -0.724 e. The van der Waals surface area contributed by atoms with Gasteiger partial charge in [-0.2, -0.15) is 13.2 Å². The second-order valence-corrected chi connectivity index (χ2v) is 2.86. The first-order valence-corrected chi connectivity index (χ1v) is 4.20. The number of isocyanates is 1. The van der Waals surface area contributed by atoms with Crippen molar-refractivity contribution in [3.8, 4) is 0 Å². The summed E-state index contributed by atoms with van der Waals surface area (Å²) in [5.41, 5.74) is -0.419. The van der Waals surface area contributed by atoms with Crippen molar-refractivity contribution in [2.75, 3.05) is 0 Å². The predicted octanol–water partition coefficient (Wildman–Crippen LogP) is 2.22. The topological polar surface area (TPSA) is 76.7 Å². The van der Waals surface area contributed by atoms with Gasteiger partial charge in [0.05, 0.1) is 12.0 Å². The number of rotatable bonds is 2. The molecule has 0 saturated carbocycles. The van der Waals surface area contributed by atoms with E-state index in [9.17, 15) is 18.0 Å². The number of nitrogens with zero attached hydrogens (tertiary/aromatic N) is 1. The molecule has 0 saturated heterocycles. The van der Waals surface area contributed by atoms with E-state index in [1.807, 2.05) is 0 Å². The van der Waals surface area contributed by atoms with Gasteiger partial charge in [-0.1, -0.05) is 12.1 Å². The van der Waals surface area contributed by atoms with Crippen LogP contribution in [-0.2, 0) is 22.2 Å². The van der Waals surface area contributed by atoms with E-state index in [1.165, 1.54) is 0 Å². The van der Waals surface area contributed by atoms with Gasteiger partial charge >= 0.3 is 12.1 Å². The number of benzene rings is 1. The van der Waals surface area contributed by atoms with Crippen LogP contribution in [0.25, 0.3) is 5.41 Å². The first-order chi connectivity index (χ1) is 7.81. The van der Waals surface area contributed by atoms with Crippen molar-refractivity contribution in [3.63, 3.8) is 0 Å². The van der Waals surface area contributed by atoms with Gasteiger partial charge in [-0.05, 0) is 23.8 Å². The normalized spacial score (nSPS) is 9.82. The summed E-state index contributed by atoms with van der Waals surface area (Å²) in [6.07, 6.45) is -4.14. The molecular formula is C10H7F3NO3-. The molecule has 0 aromatic heterocycles. The first-order valence-electron chi connectivity index (χ1n) is 4.20. The van der Waals surface area contributed by atoms with E-state index < -0.39 is 17.7 Å². The molecule has 1 aromatic rings. The molecule has 17 heavy (non-hydrogen) atoms. The lowest BCUT2D eigenvalue weighted by Crippen LogP contribution is -2.05. The SMILES string of the molecule is O=C(O)Cc1ccc(C(F)(F)F)cc1.[N-]=C=O. The van der Waals surface area contributed by atoms with E-state index in [0.717, 1.165) is 24.3 Å². The molecule has 1 rings (SSSR count). The second-order valence-electron chi connectivity index (χ2n) is 2.86. The Balaban J connectivity index is 0.000000770. The molecule has 4 nitrogen and oxygen atoms in total. The van der Waals surface area contributed by atoms with Crippen LogP contribution >= 0.6 is 0 Å². The third-order valence-electron chi connectivity index (χ3n) is 1.64. The number of carbonyl (C=O) groups excluding carboxylic acids is 1. The number of halogens is 3. The highest BCUT2D eigenvalue weighted by molar-refractivity contribution is 5.70. The zero-order valence-electron chi connectivity index (χ0n) is 8.36. The highest BCUT2D eigenvalue weighted by atomic mass is 19.4. The molecule has 0 heterocycles. The molecule has 0 fully saturated rings. The minimum absolute atomic E-state index is 0.266. The van der Waals surface area contributed by atoms with Crippen LogP contribution in [-0.4, -0.2) is 17.2 Å². The van der Waals surface area contributed by atoms with Crippen molar-refractivity contribution in [2.45, 2.75) is 12.6 Å². The van der Waals surface area contributed by atoms with Gasteiger partial charge in [-0.25, -0.2) is 0 Å². The number of carboxylic acids is 1. The van der Waals surface area contributed by atoms with E-state index in [1.54, 1.807) is 0 Å². The molecule has 0 atom stereocenters. The van der Waals surface area contributed by atoms with Crippen LogP contribution in [0.3, 0.4) is 0 Å². The van der Waals surface area contributed by atoms with Gasteiger partial charge in [-0.3, -0.25) is 9.59 Å². The number of hydrogen-bond donors (Lipinski definition) is 1. The number of hydrogen-bond acceptors (Lipinski definition) is 2. The van der Waals surface area contributed by atoms with Crippen LogP contribution in [0, 0.1) is 0 Å². The molecular weight excluding hydrogens is 239 g/mol. The van der Waals surface area contributed by atoms with Gasteiger partial charge in [-0.15, -0.1) is 0 Å². The Hall–Kier alpha value is -2.14. The summed E-state index contributed by atoms with van der Waals surface area (Å²) in [6.45, 7) is 0. The fraction of sp³-hybridized carbons (Fsp3) is 0.200. The number of carboxylic acid groups (broad SMARTS) is 1. The quantitative estimate of drug-likeness (QED) is 0.642. The van der Waals surface area contributed by atoms with Crippen LogP contribution < -0.4 is 0 Å². The molecule has 1 N–H and O–H groups in total. The second kappa shape index (κ2) is 6.44. The van der Waals surface area contributed by atoms with Gasteiger partial charge in [0, 0.05) is 0 Å². The van der Waals surface area contributed by atoms with Gasteiger partial charge in [0.15, 0.2) is 0 Å². The number of alkyl halides is 3. The Bertz CT molecular complexity index is 406. The zero-order chi connectivity index (χ0) is 13.5. The Morgan fingerprint density at radius 2 is 1.71 bits per heavy atom. The fourth-order valence-electron chi connectivity index (χ4n) is 0.986. The highest BCUT2D eigenvalue weighted by Gasteiger charge is 2.29. The lowest BCUT2D eigenvalue weighted by molar-refractivity contribution is -0.137. The third-order valence-corrected chi connectivity index (χ3v) is 1.64. The third kappa shape index (κ3) is 6.11. The maximum absolute atomic E-state index is 12.1. The average Bonchev–Trinajstić information content (AvgIpc) is 2.17. The van der Waals surface area contributed by atoms with Crippen molar-refractivity contribution in [2.24, 2.45) is 0 Å². The largest absolute Gasteiger partial charge is 0.724 e. The van der Waals surface area contributed by atoms with E-state index in [0.29, 0.717) is 11.6 Å². The van der Waals surface area contributed by atoms with Crippen LogP contribution in [0.2, 0.25) is 0 Å². The van der Waals surface area contributed by atoms with Crippen LogP contribution in [0.15, 0.2) is 24.3 Å². The summed E-state index contributed by atoms with van der Waals surface area (Å²) in [6, 6.07) is 4.07. The molecule has 0 bridgehead atoms. The van der Waals surface area contributed by atoms with E-state index in [4.69, 9.17) is 15.3 Å². The molecule has 92 valence electrons. The maximum Gasteiger partial charge on any atom is 0.416 e. The average molecular weight is 246 g/mol. The molecule has 0 unspecified atom stereocenters. The summed E-state index contributed by atoms with van der Waals surface area (Å²) in [5, 5.41) is 15.1. The van der Waals surface area contributed by atoms with Gasteiger partial charge < -0.3 is 10.5 Å². The Kier molecular flexibility index (Phi) is 5.63. The van der Waals surface area contributed by atoms with Crippen molar-refractivity contribution in [1.82, 2.24) is 0 Å². The molecule has 0 aliphatic heterocycles. The summed E-state index contributed by atoms with van der Waals surface area (Å²) in [5.74, 6) is -1.07. The van der Waals surface area contributed by atoms with Gasteiger partial charge in [0.1, 0.15) is 0 Å². The van der Waals surface area contributed by atoms with Crippen LogP contribution in [0.5, 0.6) is 0 Å². The fourth-order valence-corrected chi connectivity index (χ4v) is 0.986. The molecule has 0 spiro atoms. The monoisotopic (exact) mass is 246 g/mol. The van der Waals surface area contributed by atoms with Crippen molar-refractivity contribution < 1.29 is 27.9 Å². The zero-order valence-corrected chi connectivity index (χ0v) is 8.36. The Morgan fingerprint density at radius 3 is 2.00 bits per heavy atom. The lowest BCUT2D eigenvalue weighted by Gasteiger charge is -2.06. The summed E-state index contributed by atoms with van der Waals surface area (Å²) < 4.78 is 36.2. The predicted molar refractivity (Wildman–Crippen MR) is 51.8 cm³/mol. The molecule has 0 aliphatic carbocycles. The molecule has 0 aliphatic rings. The smallest absolute Gasteiger partial charge is 0.416 e. The standard InChI is InChI=1S/C9H7F3O2.CNO/c10-9(11,12)7-3-1-6(2-4-7)5-8(13)14;2-1-3/h1-4H,5H2,(H,13,14);/q;-1. The van der Waals surface area contributed by atoms with Crippen LogP contribution in [0.1, 0.15) is 11.1 Å². The summed E-state index contributed by atoms with van der Waals surface area (Å²) in [4.78, 5) is 18.5. The number of carbonyl (C=O) groups is 1. The maximum atomic E-state index is 12.1. The summed E-state index contributed by atoms with van der Waals surface area (Å²) >= 11 is 0. The summed E-state index contributed by atoms with van der Waals surface area (Å²) in [7, 11) is 0.